The molecule has 0 atom stereocenters. The van der Waals surface area contributed by atoms with Crippen molar-refractivity contribution < 1.29 is 14.1 Å². The summed E-state index contributed by atoms with van der Waals surface area (Å²) in [5.41, 5.74) is 2.42. The van der Waals surface area contributed by atoms with E-state index in [0.29, 0.717) is 22.6 Å². The summed E-state index contributed by atoms with van der Waals surface area (Å²) in [6.07, 6.45) is 3.37. The highest BCUT2D eigenvalue weighted by Gasteiger charge is 2.22. The second kappa shape index (κ2) is 5.28. The van der Waals surface area contributed by atoms with Gasteiger partial charge in [-0.1, -0.05) is 5.16 Å². The Morgan fingerprint density at radius 3 is 2.62 bits per heavy atom. The van der Waals surface area contributed by atoms with Crippen molar-refractivity contribution in [3.8, 4) is 17.0 Å². The number of carbonyl (C=O) groups is 1. The number of hydrogen-bond donors (Lipinski definition) is 1. The molecule has 1 N–H and O–H groups in total. The first-order valence-corrected chi connectivity index (χ1v) is 6.49. The fourth-order valence-corrected chi connectivity index (χ4v) is 2.19. The van der Waals surface area contributed by atoms with E-state index in [-0.39, 0.29) is 5.78 Å². The Labute approximate surface area is 121 Å². The van der Waals surface area contributed by atoms with Crippen LogP contribution in [-0.2, 0) is 0 Å². The molecule has 0 saturated carbocycles. The molecule has 1 aromatic carbocycles. The van der Waals surface area contributed by atoms with E-state index in [1.54, 1.807) is 32.5 Å². The molecule has 21 heavy (non-hydrogen) atoms. The number of ether oxygens (including phenoxy) is 1. The normalized spacial score (nSPS) is 10.6. The third-order valence-electron chi connectivity index (χ3n) is 3.31. The third-order valence-corrected chi connectivity index (χ3v) is 3.31. The molecule has 0 spiro atoms. The SMILES string of the molecule is COc1ccc(-c2noc(C)c2C(=O)c2cc[nH]c2)cc1. The number of aromatic amines is 1. The molecular formula is C16H14N2O3. The molecule has 5 nitrogen and oxygen atoms in total. The zero-order chi connectivity index (χ0) is 14.8. The van der Waals surface area contributed by atoms with Crippen molar-refractivity contribution in [1.82, 2.24) is 10.1 Å². The van der Waals surface area contributed by atoms with Gasteiger partial charge >= 0.3 is 0 Å². The molecule has 2 heterocycles. The summed E-state index contributed by atoms with van der Waals surface area (Å²) >= 11 is 0. The molecule has 0 aliphatic rings. The first-order valence-electron chi connectivity index (χ1n) is 6.49. The minimum absolute atomic E-state index is 0.110. The van der Waals surface area contributed by atoms with E-state index in [2.05, 4.69) is 10.1 Å². The molecule has 0 unspecified atom stereocenters. The topological polar surface area (TPSA) is 68.1 Å². The number of aromatic nitrogens is 2. The highest BCUT2D eigenvalue weighted by molar-refractivity contribution is 6.12. The maximum Gasteiger partial charge on any atom is 0.200 e. The summed E-state index contributed by atoms with van der Waals surface area (Å²) in [5, 5.41) is 4.03. The van der Waals surface area contributed by atoms with Crippen molar-refractivity contribution in [3.05, 3.63) is 59.6 Å². The van der Waals surface area contributed by atoms with Gasteiger partial charge in [-0.25, -0.2) is 0 Å². The summed E-state index contributed by atoms with van der Waals surface area (Å²) in [6.45, 7) is 1.74. The number of H-pyrrole nitrogens is 1. The fourth-order valence-electron chi connectivity index (χ4n) is 2.19. The lowest BCUT2D eigenvalue weighted by Gasteiger charge is -2.03. The van der Waals surface area contributed by atoms with Gasteiger partial charge in [-0.2, -0.15) is 0 Å². The van der Waals surface area contributed by atoms with Crippen LogP contribution in [0.2, 0.25) is 0 Å². The Hall–Kier alpha value is -2.82. The molecule has 0 radical (unpaired) electrons. The van der Waals surface area contributed by atoms with E-state index >= 15 is 0 Å². The van der Waals surface area contributed by atoms with Crippen LogP contribution in [0.15, 0.2) is 47.2 Å². The van der Waals surface area contributed by atoms with Crippen molar-refractivity contribution in [1.29, 1.82) is 0 Å². The quantitative estimate of drug-likeness (QED) is 0.746. The summed E-state index contributed by atoms with van der Waals surface area (Å²) in [7, 11) is 1.61. The third kappa shape index (κ3) is 2.33. The standard InChI is InChI=1S/C16H14N2O3/c1-10-14(16(19)12-7-8-17-9-12)15(18-21-10)11-3-5-13(20-2)6-4-11/h3-9,17H,1-2H3. The Bertz CT molecular complexity index is 755. The van der Waals surface area contributed by atoms with E-state index in [4.69, 9.17) is 9.26 Å². The van der Waals surface area contributed by atoms with Gasteiger partial charge in [0.05, 0.1) is 12.7 Å². The van der Waals surface area contributed by atoms with Crippen LogP contribution in [0.25, 0.3) is 11.3 Å². The molecule has 0 fully saturated rings. The summed E-state index contributed by atoms with van der Waals surface area (Å²) in [6, 6.07) is 9.08. The zero-order valence-corrected chi connectivity index (χ0v) is 11.7. The van der Waals surface area contributed by atoms with Crippen molar-refractivity contribution in [2.75, 3.05) is 7.11 Å². The number of nitrogens with zero attached hydrogens (tertiary/aromatic N) is 1. The molecule has 0 aliphatic heterocycles. The number of benzene rings is 1. The zero-order valence-electron chi connectivity index (χ0n) is 11.7. The largest absolute Gasteiger partial charge is 0.497 e. The summed E-state index contributed by atoms with van der Waals surface area (Å²) in [4.78, 5) is 15.4. The predicted molar refractivity (Wildman–Crippen MR) is 77.5 cm³/mol. The maximum atomic E-state index is 12.6. The van der Waals surface area contributed by atoms with Crippen LogP contribution in [0.4, 0.5) is 0 Å². The smallest absolute Gasteiger partial charge is 0.200 e. The minimum atomic E-state index is -0.110. The Kier molecular flexibility index (Phi) is 3.31. The molecule has 0 bridgehead atoms. The Morgan fingerprint density at radius 1 is 1.24 bits per heavy atom. The molecule has 5 heteroatoms. The van der Waals surface area contributed by atoms with Crippen LogP contribution in [0.3, 0.4) is 0 Å². The summed E-state index contributed by atoms with van der Waals surface area (Å²) < 4.78 is 10.3. The predicted octanol–water partition coefficient (Wildman–Crippen LogP) is 3.22. The number of aryl methyl sites for hydroxylation is 1. The molecule has 0 saturated heterocycles. The lowest BCUT2D eigenvalue weighted by molar-refractivity contribution is 0.103. The molecular weight excluding hydrogens is 268 g/mol. The number of nitrogens with one attached hydrogen (secondary N) is 1. The molecule has 3 rings (SSSR count). The number of carbonyl (C=O) groups excluding carboxylic acids is 1. The highest BCUT2D eigenvalue weighted by atomic mass is 16.5. The number of ketones is 1. The first kappa shape index (κ1) is 13.2. The molecule has 0 aliphatic carbocycles. The summed E-state index contributed by atoms with van der Waals surface area (Å²) in [5.74, 6) is 1.14. The van der Waals surface area contributed by atoms with E-state index in [1.165, 1.54) is 0 Å². The van der Waals surface area contributed by atoms with Gasteiger partial charge in [0.25, 0.3) is 0 Å². The minimum Gasteiger partial charge on any atom is -0.497 e. The van der Waals surface area contributed by atoms with Gasteiger partial charge in [0.15, 0.2) is 5.78 Å². The maximum absolute atomic E-state index is 12.6. The number of hydrogen-bond acceptors (Lipinski definition) is 4. The van der Waals surface area contributed by atoms with E-state index < -0.39 is 0 Å². The van der Waals surface area contributed by atoms with Gasteiger partial charge in [0.1, 0.15) is 17.2 Å². The molecule has 0 amide bonds. The number of methoxy groups -OCH3 is 1. The fraction of sp³-hybridized carbons (Fsp3) is 0.125. The van der Waals surface area contributed by atoms with E-state index in [9.17, 15) is 4.79 Å². The van der Waals surface area contributed by atoms with Gasteiger partial charge in [-0.05, 0) is 37.3 Å². The lowest BCUT2D eigenvalue weighted by Crippen LogP contribution is -2.02. The van der Waals surface area contributed by atoms with Gasteiger partial charge < -0.3 is 14.2 Å². The highest BCUT2D eigenvalue weighted by Crippen LogP contribution is 2.28. The Morgan fingerprint density at radius 2 is 2.00 bits per heavy atom. The van der Waals surface area contributed by atoms with Crippen LogP contribution in [0, 0.1) is 6.92 Å². The number of rotatable bonds is 4. The van der Waals surface area contributed by atoms with Crippen molar-refractivity contribution >= 4 is 5.78 Å². The average molecular weight is 282 g/mol. The van der Waals surface area contributed by atoms with Crippen LogP contribution >= 0.6 is 0 Å². The van der Waals surface area contributed by atoms with Gasteiger partial charge in [0, 0.05) is 23.5 Å². The van der Waals surface area contributed by atoms with Crippen LogP contribution in [0.5, 0.6) is 5.75 Å². The lowest BCUT2D eigenvalue weighted by atomic mass is 10.00. The van der Waals surface area contributed by atoms with E-state index in [0.717, 1.165) is 11.3 Å². The monoisotopic (exact) mass is 282 g/mol. The average Bonchev–Trinajstić information content (AvgIpc) is 3.16. The van der Waals surface area contributed by atoms with Crippen LogP contribution < -0.4 is 4.74 Å². The van der Waals surface area contributed by atoms with Crippen LogP contribution in [0.1, 0.15) is 21.7 Å². The van der Waals surface area contributed by atoms with Crippen molar-refractivity contribution in [2.45, 2.75) is 6.92 Å². The van der Waals surface area contributed by atoms with Gasteiger partial charge in [-0.15, -0.1) is 0 Å². The van der Waals surface area contributed by atoms with Crippen molar-refractivity contribution in [2.24, 2.45) is 0 Å². The second-order valence-corrected chi connectivity index (χ2v) is 4.62. The van der Waals surface area contributed by atoms with Crippen molar-refractivity contribution in [3.63, 3.8) is 0 Å². The first-order chi connectivity index (χ1) is 10.2. The molecule has 3 aromatic rings. The van der Waals surface area contributed by atoms with E-state index in [1.807, 2.05) is 24.3 Å². The van der Waals surface area contributed by atoms with Gasteiger partial charge in [-0.3, -0.25) is 4.79 Å². The Balaban J connectivity index is 2.06. The van der Waals surface area contributed by atoms with Crippen LogP contribution in [-0.4, -0.2) is 23.0 Å². The van der Waals surface area contributed by atoms with Gasteiger partial charge in [0.2, 0.25) is 0 Å². The molecule has 106 valence electrons. The second-order valence-electron chi connectivity index (χ2n) is 4.62. The molecule has 2 aromatic heterocycles.